The summed E-state index contributed by atoms with van der Waals surface area (Å²) in [5, 5.41) is 0. The quantitative estimate of drug-likeness (QED) is 0.579. The third kappa shape index (κ3) is 3.49. The molecule has 1 heterocycles. The second kappa shape index (κ2) is 5.48. The molecule has 4 heteroatoms. The second-order valence-corrected chi connectivity index (χ2v) is 2.53. The zero-order chi connectivity index (χ0) is 8.81. The van der Waals surface area contributed by atoms with Gasteiger partial charge >= 0.3 is 0 Å². The van der Waals surface area contributed by atoms with Gasteiger partial charge in [0.15, 0.2) is 12.6 Å². The largest absolute Gasteiger partial charge is 0.353 e. The molecule has 12 heavy (non-hydrogen) atoms. The lowest BCUT2D eigenvalue weighted by molar-refractivity contribution is -0.176. The molecule has 0 aromatic carbocycles. The highest BCUT2D eigenvalue weighted by atomic mass is 16.7. The summed E-state index contributed by atoms with van der Waals surface area (Å²) in [6, 6.07) is 0. The van der Waals surface area contributed by atoms with Crippen molar-refractivity contribution in [3.63, 3.8) is 0 Å². The van der Waals surface area contributed by atoms with E-state index in [9.17, 15) is 0 Å². The minimum atomic E-state index is -0.201. The molecule has 0 aromatic heterocycles. The Bertz CT molecular complexity index is 112. The lowest BCUT2D eigenvalue weighted by Crippen LogP contribution is -2.22. The normalized spacial score (nSPS) is 21.5. The Morgan fingerprint density at radius 3 is 2.58 bits per heavy atom. The molecule has 1 unspecified atom stereocenters. The second-order valence-electron chi connectivity index (χ2n) is 2.53. The first-order valence-electron chi connectivity index (χ1n) is 4.29. The summed E-state index contributed by atoms with van der Waals surface area (Å²) in [5.74, 6) is 0. The summed E-state index contributed by atoms with van der Waals surface area (Å²) in [5.41, 5.74) is 0. The van der Waals surface area contributed by atoms with Gasteiger partial charge in [-0.2, -0.15) is 0 Å². The van der Waals surface area contributed by atoms with Crippen LogP contribution in [0.4, 0.5) is 0 Å². The van der Waals surface area contributed by atoms with Crippen molar-refractivity contribution in [2.45, 2.75) is 26.4 Å². The van der Waals surface area contributed by atoms with Gasteiger partial charge in [-0.05, 0) is 13.8 Å². The molecule has 0 spiro atoms. The Kier molecular flexibility index (Phi) is 4.53. The van der Waals surface area contributed by atoms with Crippen molar-refractivity contribution in [3.8, 4) is 0 Å². The summed E-state index contributed by atoms with van der Waals surface area (Å²) in [6.45, 7) is 6.23. The predicted octanol–water partition coefficient (Wildman–Crippen LogP) is 0.758. The monoisotopic (exact) mass is 176 g/mol. The first kappa shape index (κ1) is 9.92. The zero-order valence-electron chi connectivity index (χ0n) is 7.62. The van der Waals surface area contributed by atoms with Gasteiger partial charge in [-0.1, -0.05) is 0 Å². The summed E-state index contributed by atoms with van der Waals surface area (Å²) >= 11 is 0. The Balaban J connectivity index is 1.99. The van der Waals surface area contributed by atoms with Crippen LogP contribution in [0.15, 0.2) is 0 Å². The highest BCUT2D eigenvalue weighted by molar-refractivity contribution is 4.49. The van der Waals surface area contributed by atoms with Crippen LogP contribution in [-0.4, -0.2) is 39.0 Å². The molecule has 1 atom stereocenters. The Labute approximate surface area is 72.7 Å². The first-order valence-corrected chi connectivity index (χ1v) is 4.29. The van der Waals surface area contributed by atoms with Crippen LogP contribution in [0.3, 0.4) is 0 Å². The molecule has 0 bridgehead atoms. The highest BCUT2D eigenvalue weighted by Crippen LogP contribution is 2.05. The minimum Gasteiger partial charge on any atom is -0.353 e. The molecule has 72 valence electrons. The van der Waals surface area contributed by atoms with Crippen LogP contribution >= 0.6 is 0 Å². The Hall–Kier alpha value is -0.160. The third-order valence-corrected chi connectivity index (χ3v) is 1.56. The average Bonchev–Trinajstić information content (AvgIpc) is 2.53. The van der Waals surface area contributed by atoms with Gasteiger partial charge in [0, 0.05) is 6.61 Å². The van der Waals surface area contributed by atoms with Crippen LogP contribution < -0.4 is 0 Å². The molecule has 0 aromatic rings. The van der Waals surface area contributed by atoms with Crippen molar-refractivity contribution in [2.24, 2.45) is 0 Å². The SMILES string of the molecule is CCOC(C)OCC1OCCO1. The molecule has 0 aliphatic carbocycles. The first-order chi connectivity index (χ1) is 5.83. The van der Waals surface area contributed by atoms with E-state index in [1.54, 1.807) is 0 Å². The Morgan fingerprint density at radius 1 is 1.33 bits per heavy atom. The lowest BCUT2D eigenvalue weighted by atomic mass is 10.6. The lowest BCUT2D eigenvalue weighted by Gasteiger charge is -2.15. The maximum Gasteiger partial charge on any atom is 0.181 e. The molecule has 0 saturated carbocycles. The fourth-order valence-electron chi connectivity index (χ4n) is 1.00. The predicted molar refractivity (Wildman–Crippen MR) is 42.7 cm³/mol. The molecule has 1 rings (SSSR count). The van der Waals surface area contributed by atoms with Gasteiger partial charge in [0.2, 0.25) is 0 Å². The number of hydrogen-bond donors (Lipinski definition) is 0. The molecule has 0 N–H and O–H groups in total. The average molecular weight is 176 g/mol. The topological polar surface area (TPSA) is 36.9 Å². The van der Waals surface area contributed by atoms with Crippen LogP contribution in [0.25, 0.3) is 0 Å². The highest BCUT2D eigenvalue weighted by Gasteiger charge is 2.16. The van der Waals surface area contributed by atoms with Gasteiger partial charge in [-0.25, -0.2) is 0 Å². The zero-order valence-corrected chi connectivity index (χ0v) is 7.62. The summed E-state index contributed by atoms with van der Waals surface area (Å²) in [4.78, 5) is 0. The van der Waals surface area contributed by atoms with E-state index in [2.05, 4.69) is 0 Å². The fraction of sp³-hybridized carbons (Fsp3) is 1.00. The van der Waals surface area contributed by atoms with Gasteiger partial charge in [0.25, 0.3) is 0 Å². The van der Waals surface area contributed by atoms with Crippen LogP contribution in [0.5, 0.6) is 0 Å². The van der Waals surface area contributed by atoms with E-state index in [-0.39, 0.29) is 12.6 Å². The van der Waals surface area contributed by atoms with E-state index in [0.717, 1.165) is 0 Å². The standard InChI is InChI=1S/C8H16O4/c1-3-9-7(2)12-6-8-10-4-5-11-8/h7-8H,3-6H2,1-2H3. The van der Waals surface area contributed by atoms with Crippen molar-refractivity contribution in [1.29, 1.82) is 0 Å². The summed E-state index contributed by atoms with van der Waals surface area (Å²) < 4.78 is 20.8. The molecule has 1 fully saturated rings. The van der Waals surface area contributed by atoms with Crippen LogP contribution in [0.1, 0.15) is 13.8 Å². The van der Waals surface area contributed by atoms with Gasteiger partial charge in [0.05, 0.1) is 13.2 Å². The maximum absolute atomic E-state index is 5.29. The molecular formula is C8H16O4. The van der Waals surface area contributed by atoms with Gasteiger partial charge < -0.3 is 18.9 Å². The molecule has 1 aliphatic heterocycles. The van der Waals surface area contributed by atoms with E-state index in [1.165, 1.54) is 0 Å². The third-order valence-electron chi connectivity index (χ3n) is 1.56. The Morgan fingerprint density at radius 2 is 2.00 bits per heavy atom. The molecule has 0 radical (unpaired) electrons. The van der Waals surface area contributed by atoms with Crippen molar-refractivity contribution in [1.82, 2.24) is 0 Å². The number of ether oxygens (including phenoxy) is 4. The van der Waals surface area contributed by atoms with Crippen LogP contribution in [-0.2, 0) is 18.9 Å². The van der Waals surface area contributed by atoms with Crippen molar-refractivity contribution >= 4 is 0 Å². The van der Waals surface area contributed by atoms with Gasteiger partial charge in [-0.15, -0.1) is 0 Å². The van der Waals surface area contributed by atoms with E-state index >= 15 is 0 Å². The van der Waals surface area contributed by atoms with E-state index in [1.807, 2.05) is 13.8 Å². The maximum atomic E-state index is 5.29. The van der Waals surface area contributed by atoms with E-state index in [4.69, 9.17) is 18.9 Å². The van der Waals surface area contributed by atoms with Gasteiger partial charge in [0.1, 0.15) is 6.61 Å². The fourth-order valence-corrected chi connectivity index (χ4v) is 1.00. The van der Waals surface area contributed by atoms with Gasteiger partial charge in [-0.3, -0.25) is 0 Å². The number of hydrogen-bond acceptors (Lipinski definition) is 4. The molecule has 0 amide bonds. The van der Waals surface area contributed by atoms with Crippen LogP contribution in [0, 0.1) is 0 Å². The van der Waals surface area contributed by atoms with E-state index < -0.39 is 0 Å². The summed E-state index contributed by atoms with van der Waals surface area (Å²) in [7, 11) is 0. The van der Waals surface area contributed by atoms with Crippen molar-refractivity contribution < 1.29 is 18.9 Å². The van der Waals surface area contributed by atoms with Crippen molar-refractivity contribution in [2.75, 3.05) is 26.4 Å². The molecule has 4 nitrogen and oxygen atoms in total. The molecular weight excluding hydrogens is 160 g/mol. The minimum absolute atomic E-state index is 0.178. The smallest absolute Gasteiger partial charge is 0.181 e. The molecule has 1 saturated heterocycles. The van der Waals surface area contributed by atoms with Crippen molar-refractivity contribution in [3.05, 3.63) is 0 Å². The number of rotatable bonds is 5. The molecule has 1 aliphatic rings. The van der Waals surface area contributed by atoms with E-state index in [0.29, 0.717) is 26.4 Å². The summed E-state index contributed by atoms with van der Waals surface area (Å²) in [6.07, 6.45) is -0.379. The van der Waals surface area contributed by atoms with Crippen LogP contribution in [0.2, 0.25) is 0 Å².